The van der Waals surface area contributed by atoms with Gasteiger partial charge in [-0.3, -0.25) is 9.69 Å². The van der Waals surface area contributed by atoms with Gasteiger partial charge < -0.3 is 29.2 Å². The molecule has 0 aromatic carbocycles. The lowest BCUT2D eigenvalue weighted by molar-refractivity contribution is 0.0587. The molecule has 198 valence electrons. The number of carbonyl (C=O) groups is 2. The van der Waals surface area contributed by atoms with Crippen LogP contribution in [0.4, 0.5) is 26.4 Å². The summed E-state index contributed by atoms with van der Waals surface area (Å²) in [6, 6.07) is 3.93. The van der Waals surface area contributed by atoms with Crippen molar-refractivity contribution in [2.75, 3.05) is 37.4 Å². The first-order valence-electron chi connectivity index (χ1n) is 11.7. The van der Waals surface area contributed by atoms with E-state index in [-0.39, 0.29) is 34.8 Å². The van der Waals surface area contributed by atoms with E-state index in [0.29, 0.717) is 13.0 Å². The number of rotatable bonds is 5. The standard InChI is InChI=1S/C24H29FN6O6/c1-24(2,3)36-23(35)30(5)16-11-17(27-19-18(16)28-37-20(19)22(33)34)26-14-7-6-9-31(21(14)32)15-8-10-29(4)12-13(15)25/h6-7,9,11,13,15H,8,10,12H2,1-5H3,(H,26,27)(H,33,34)/t13-,15?/m0/s1. The van der Waals surface area contributed by atoms with Crippen molar-refractivity contribution in [3.05, 3.63) is 40.5 Å². The quantitative estimate of drug-likeness (QED) is 0.518. The van der Waals surface area contributed by atoms with Crippen molar-refractivity contribution in [2.24, 2.45) is 0 Å². The number of aromatic nitrogens is 3. The predicted molar refractivity (Wildman–Crippen MR) is 133 cm³/mol. The van der Waals surface area contributed by atoms with Crippen molar-refractivity contribution in [2.45, 2.75) is 45.0 Å². The number of halogens is 1. The second-order valence-corrected chi connectivity index (χ2v) is 9.97. The maximum atomic E-state index is 14.8. The number of hydrogen-bond acceptors (Lipinski definition) is 9. The zero-order valence-corrected chi connectivity index (χ0v) is 21.2. The third-order valence-electron chi connectivity index (χ3n) is 5.94. The van der Waals surface area contributed by atoms with E-state index in [2.05, 4.69) is 15.5 Å². The zero-order valence-electron chi connectivity index (χ0n) is 21.2. The van der Waals surface area contributed by atoms with Crippen LogP contribution >= 0.6 is 0 Å². The van der Waals surface area contributed by atoms with E-state index in [9.17, 15) is 23.9 Å². The number of anilines is 3. The summed E-state index contributed by atoms with van der Waals surface area (Å²) in [5, 5.41) is 16.2. The first-order chi connectivity index (χ1) is 17.4. The number of likely N-dealkylation sites (tertiary alicyclic amines) is 1. The Bertz CT molecular complexity index is 1400. The van der Waals surface area contributed by atoms with Crippen LogP contribution in [-0.2, 0) is 4.74 Å². The fourth-order valence-corrected chi connectivity index (χ4v) is 4.16. The van der Waals surface area contributed by atoms with Gasteiger partial charge in [0.25, 0.3) is 11.3 Å². The highest BCUT2D eigenvalue weighted by Crippen LogP contribution is 2.31. The molecule has 3 aromatic rings. The minimum absolute atomic E-state index is 0.0216. The normalized spacial score (nSPS) is 18.5. The Kier molecular flexibility index (Phi) is 6.91. The van der Waals surface area contributed by atoms with E-state index in [1.54, 1.807) is 26.8 Å². The lowest BCUT2D eigenvalue weighted by Crippen LogP contribution is -2.43. The summed E-state index contributed by atoms with van der Waals surface area (Å²) >= 11 is 0. The third-order valence-corrected chi connectivity index (χ3v) is 5.94. The largest absolute Gasteiger partial charge is 0.475 e. The fourth-order valence-electron chi connectivity index (χ4n) is 4.16. The average Bonchev–Trinajstić information content (AvgIpc) is 3.23. The van der Waals surface area contributed by atoms with Crippen LogP contribution in [0.1, 0.15) is 43.8 Å². The summed E-state index contributed by atoms with van der Waals surface area (Å²) < 4.78 is 26.5. The Balaban J connectivity index is 1.75. The summed E-state index contributed by atoms with van der Waals surface area (Å²) in [4.78, 5) is 45.0. The Hall–Kier alpha value is -4.00. The number of hydrogen-bond donors (Lipinski definition) is 2. The predicted octanol–water partition coefficient (Wildman–Crippen LogP) is 3.41. The number of piperidine rings is 1. The van der Waals surface area contributed by atoms with Crippen LogP contribution in [0.3, 0.4) is 0 Å². The number of nitrogens with one attached hydrogen (secondary N) is 1. The first-order valence-corrected chi connectivity index (χ1v) is 11.7. The van der Waals surface area contributed by atoms with Gasteiger partial charge in [0, 0.05) is 32.4 Å². The van der Waals surface area contributed by atoms with Crippen LogP contribution in [0.15, 0.2) is 33.7 Å². The van der Waals surface area contributed by atoms with Crippen molar-refractivity contribution in [3.63, 3.8) is 0 Å². The van der Waals surface area contributed by atoms with Gasteiger partial charge in [0.15, 0.2) is 5.52 Å². The minimum atomic E-state index is -1.41. The number of nitrogens with zero attached hydrogens (tertiary/aromatic N) is 5. The van der Waals surface area contributed by atoms with Crippen LogP contribution in [-0.4, -0.2) is 75.7 Å². The van der Waals surface area contributed by atoms with Gasteiger partial charge in [-0.25, -0.2) is 19.0 Å². The highest BCUT2D eigenvalue weighted by molar-refractivity contribution is 6.05. The molecule has 0 saturated carbocycles. The molecule has 1 saturated heterocycles. The van der Waals surface area contributed by atoms with Gasteiger partial charge in [-0.2, -0.15) is 0 Å². The van der Waals surface area contributed by atoms with Gasteiger partial charge in [-0.15, -0.1) is 0 Å². The molecule has 2 atom stereocenters. The molecular weight excluding hydrogens is 487 g/mol. The molecule has 1 unspecified atom stereocenters. The Morgan fingerprint density at radius 3 is 2.70 bits per heavy atom. The van der Waals surface area contributed by atoms with E-state index in [0.717, 1.165) is 4.90 Å². The molecule has 1 amide bonds. The number of carboxylic acids is 1. The number of amides is 1. The van der Waals surface area contributed by atoms with Crippen LogP contribution in [0.5, 0.6) is 0 Å². The second kappa shape index (κ2) is 9.81. The van der Waals surface area contributed by atoms with Crippen molar-refractivity contribution in [1.82, 2.24) is 19.6 Å². The maximum absolute atomic E-state index is 14.8. The first kappa shape index (κ1) is 26.1. The molecule has 3 aromatic heterocycles. The van der Waals surface area contributed by atoms with Gasteiger partial charge in [0.2, 0.25) is 0 Å². The van der Waals surface area contributed by atoms with Crippen molar-refractivity contribution in [3.8, 4) is 0 Å². The summed E-state index contributed by atoms with van der Waals surface area (Å²) in [5.41, 5.74) is -1.11. The van der Waals surface area contributed by atoms with Gasteiger partial charge >= 0.3 is 12.1 Å². The zero-order chi connectivity index (χ0) is 27.1. The summed E-state index contributed by atoms with van der Waals surface area (Å²) in [5.74, 6) is -1.88. The number of alkyl halides is 1. The third kappa shape index (κ3) is 5.40. The van der Waals surface area contributed by atoms with E-state index >= 15 is 0 Å². The molecule has 0 spiro atoms. The molecule has 4 rings (SSSR count). The molecule has 13 heteroatoms. The van der Waals surface area contributed by atoms with E-state index in [1.165, 1.54) is 29.9 Å². The van der Waals surface area contributed by atoms with Gasteiger partial charge in [-0.05, 0) is 46.4 Å². The van der Waals surface area contributed by atoms with Gasteiger partial charge in [0.05, 0.1) is 11.7 Å². The average molecular weight is 517 g/mol. The van der Waals surface area contributed by atoms with E-state index in [1.807, 2.05) is 11.9 Å². The molecule has 37 heavy (non-hydrogen) atoms. The number of pyridine rings is 2. The summed E-state index contributed by atoms with van der Waals surface area (Å²) in [6.07, 6.45) is 0.0740. The van der Waals surface area contributed by atoms with Crippen molar-refractivity contribution >= 4 is 40.3 Å². The number of carboxylic acid groups (broad SMARTS) is 1. The highest BCUT2D eigenvalue weighted by atomic mass is 19.1. The van der Waals surface area contributed by atoms with E-state index < -0.39 is 41.2 Å². The molecular formula is C24H29FN6O6. The summed E-state index contributed by atoms with van der Waals surface area (Å²) in [6.45, 7) is 6.00. The number of aromatic carboxylic acids is 1. The van der Waals surface area contributed by atoms with Crippen molar-refractivity contribution in [1.29, 1.82) is 0 Å². The molecule has 1 aliphatic rings. The molecule has 1 aliphatic heterocycles. The Morgan fingerprint density at radius 1 is 1.32 bits per heavy atom. The minimum Gasteiger partial charge on any atom is -0.475 e. The monoisotopic (exact) mass is 516 g/mol. The van der Waals surface area contributed by atoms with Crippen LogP contribution in [0.25, 0.3) is 11.0 Å². The number of fused-ring (bicyclic) bond motifs is 1. The molecule has 12 nitrogen and oxygen atoms in total. The second-order valence-electron chi connectivity index (χ2n) is 9.97. The van der Waals surface area contributed by atoms with Gasteiger partial charge in [-0.1, -0.05) is 5.16 Å². The fraction of sp³-hybridized carbons (Fsp3) is 0.458. The van der Waals surface area contributed by atoms with Crippen LogP contribution < -0.4 is 15.8 Å². The molecule has 2 N–H and O–H groups in total. The number of carbonyl (C=O) groups excluding carboxylic acids is 1. The smallest absolute Gasteiger partial charge is 0.414 e. The molecule has 0 aliphatic carbocycles. The molecule has 1 fully saturated rings. The SMILES string of the molecule is CN1CCC(n2cccc(Nc3cc(N(C)C(=O)OC(C)(C)C)c4noc(C(=O)O)c4n3)c2=O)[C@@H](F)C1. The topological polar surface area (TPSA) is 143 Å². The maximum Gasteiger partial charge on any atom is 0.414 e. The van der Waals surface area contributed by atoms with Gasteiger partial charge in [0.1, 0.15) is 28.8 Å². The van der Waals surface area contributed by atoms with Crippen LogP contribution in [0.2, 0.25) is 0 Å². The molecule has 0 radical (unpaired) electrons. The Labute approximate surface area is 211 Å². The van der Waals surface area contributed by atoms with E-state index in [4.69, 9.17) is 9.26 Å². The molecule has 4 heterocycles. The molecule has 0 bridgehead atoms. The highest BCUT2D eigenvalue weighted by Gasteiger charge is 2.30. The summed E-state index contributed by atoms with van der Waals surface area (Å²) in [7, 11) is 3.26. The Morgan fingerprint density at radius 2 is 2.05 bits per heavy atom. The van der Waals surface area contributed by atoms with Crippen molar-refractivity contribution < 1.29 is 28.3 Å². The number of ether oxygens (including phenoxy) is 1. The lowest BCUT2D eigenvalue weighted by atomic mass is 10.0. The van der Waals surface area contributed by atoms with Crippen LogP contribution in [0, 0.1) is 0 Å². The lowest BCUT2D eigenvalue weighted by Gasteiger charge is -2.33.